The van der Waals surface area contributed by atoms with Gasteiger partial charge in [0.2, 0.25) is 0 Å². The molecule has 0 aromatic heterocycles. The van der Waals surface area contributed by atoms with Crippen molar-refractivity contribution in [1.82, 2.24) is 4.90 Å². The molecule has 0 saturated carbocycles. The van der Waals surface area contributed by atoms with Crippen LogP contribution in [-0.2, 0) is 4.74 Å². The molecule has 56 valence electrons. The van der Waals surface area contributed by atoms with Gasteiger partial charge in [0.15, 0.2) is 6.73 Å². The molecule has 0 aromatic rings. The highest BCUT2D eigenvalue weighted by atomic mass is 16.5. The minimum absolute atomic E-state index is 0.358. The molecule has 4 heteroatoms. The Hall–Kier alpha value is -1.58. The third-order valence-electron chi connectivity index (χ3n) is 1.32. The van der Waals surface area contributed by atoms with Gasteiger partial charge in [0.1, 0.15) is 6.34 Å². The molecule has 0 saturated heterocycles. The number of fused-ring (bicyclic) bond motifs is 1. The lowest BCUT2D eigenvalue weighted by Crippen LogP contribution is -2.30. The average Bonchev–Trinajstić information content (AvgIpc) is 2.28. The first-order valence-corrected chi connectivity index (χ1v) is 3.29. The van der Waals surface area contributed by atoms with Crippen molar-refractivity contribution in [2.24, 2.45) is 9.98 Å². The topological polar surface area (TPSA) is 37.2 Å². The van der Waals surface area contributed by atoms with Crippen molar-refractivity contribution < 1.29 is 4.74 Å². The Kier molecular flexibility index (Phi) is 1.44. The second-order valence-electron chi connectivity index (χ2n) is 2.07. The van der Waals surface area contributed by atoms with Crippen molar-refractivity contribution in [3.63, 3.8) is 0 Å². The number of nitrogens with zero attached hydrogens (tertiary/aromatic N) is 3. The Balaban J connectivity index is 2.32. The van der Waals surface area contributed by atoms with Gasteiger partial charge in [0, 0.05) is 12.4 Å². The normalized spacial score (nSPS) is 20.4. The van der Waals surface area contributed by atoms with Crippen molar-refractivity contribution in [3.8, 4) is 0 Å². The third kappa shape index (κ3) is 1.14. The van der Waals surface area contributed by atoms with Gasteiger partial charge >= 0.3 is 6.02 Å². The molecule has 0 spiro atoms. The number of amidine groups is 1. The largest absolute Gasteiger partial charge is 0.441 e. The van der Waals surface area contributed by atoms with Crippen molar-refractivity contribution in [2.75, 3.05) is 6.73 Å². The minimum atomic E-state index is 0.358. The van der Waals surface area contributed by atoms with E-state index in [-0.39, 0.29) is 0 Å². The van der Waals surface area contributed by atoms with Gasteiger partial charge in [-0.15, -0.1) is 0 Å². The molecule has 0 amide bonds. The van der Waals surface area contributed by atoms with Crippen LogP contribution < -0.4 is 0 Å². The highest BCUT2D eigenvalue weighted by Crippen LogP contribution is 2.02. The molecule has 2 rings (SSSR count). The first kappa shape index (κ1) is 6.15. The van der Waals surface area contributed by atoms with E-state index in [1.807, 2.05) is 18.4 Å². The molecule has 0 aliphatic carbocycles. The second-order valence-corrected chi connectivity index (χ2v) is 2.07. The predicted octanol–water partition coefficient (Wildman–Crippen LogP) is 0.701. The molecular weight excluding hydrogens is 142 g/mol. The minimum Gasteiger partial charge on any atom is -0.441 e. The van der Waals surface area contributed by atoms with Crippen molar-refractivity contribution in [2.45, 2.75) is 0 Å². The molecule has 11 heavy (non-hydrogen) atoms. The van der Waals surface area contributed by atoms with Crippen LogP contribution in [-0.4, -0.2) is 24.0 Å². The Bertz CT molecular complexity index is 265. The maximum Gasteiger partial charge on any atom is 0.303 e. The van der Waals surface area contributed by atoms with Gasteiger partial charge in [-0.3, -0.25) is 4.90 Å². The molecule has 0 atom stereocenters. The van der Waals surface area contributed by atoms with Crippen LogP contribution in [0, 0.1) is 0 Å². The Morgan fingerprint density at radius 2 is 2.45 bits per heavy atom. The molecule has 0 N–H and O–H groups in total. The molecule has 4 nitrogen and oxygen atoms in total. The van der Waals surface area contributed by atoms with Crippen LogP contribution in [0.2, 0.25) is 0 Å². The van der Waals surface area contributed by atoms with Gasteiger partial charge in [0.25, 0.3) is 0 Å². The summed E-state index contributed by atoms with van der Waals surface area (Å²) in [6.07, 6.45) is 8.92. The molecule has 2 aliphatic heterocycles. The number of rotatable bonds is 0. The monoisotopic (exact) mass is 149 g/mol. The fourth-order valence-electron chi connectivity index (χ4n) is 0.845. The van der Waals surface area contributed by atoms with Crippen molar-refractivity contribution in [1.29, 1.82) is 0 Å². The first-order chi connectivity index (χ1) is 5.47. The molecule has 0 bridgehead atoms. The van der Waals surface area contributed by atoms with Crippen LogP contribution in [0.4, 0.5) is 0 Å². The van der Waals surface area contributed by atoms with Gasteiger partial charge in [0.05, 0.1) is 0 Å². The summed E-state index contributed by atoms with van der Waals surface area (Å²) in [7, 11) is 0. The van der Waals surface area contributed by atoms with E-state index in [2.05, 4.69) is 9.98 Å². The van der Waals surface area contributed by atoms with Gasteiger partial charge in [-0.2, -0.15) is 0 Å². The van der Waals surface area contributed by atoms with Crippen LogP contribution in [0.1, 0.15) is 0 Å². The van der Waals surface area contributed by atoms with E-state index < -0.39 is 0 Å². The van der Waals surface area contributed by atoms with E-state index in [0.717, 1.165) is 0 Å². The quantitative estimate of drug-likeness (QED) is 0.508. The summed E-state index contributed by atoms with van der Waals surface area (Å²) < 4.78 is 5.14. The smallest absolute Gasteiger partial charge is 0.303 e. The van der Waals surface area contributed by atoms with Crippen molar-refractivity contribution >= 4 is 12.4 Å². The molecule has 2 heterocycles. The van der Waals surface area contributed by atoms with Crippen LogP contribution in [0.3, 0.4) is 0 Å². The summed E-state index contributed by atoms with van der Waals surface area (Å²) in [6, 6.07) is 0.574. The zero-order valence-corrected chi connectivity index (χ0v) is 5.84. The standard InChI is InChI=1S/C7H7N3O/c1-2-4-10-5-8-6-11-7(10)9-3-1/h1-5H,6H2. The van der Waals surface area contributed by atoms with Crippen molar-refractivity contribution in [3.05, 3.63) is 24.6 Å². The van der Waals surface area contributed by atoms with Crippen LogP contribution in [0.25, 0.3) is 0 Å². The zero-order chi connectivity index (χ0) is 7.52. The molecule has 0 fully saturated rings. The molecule has 0 aromatic carbocycles. The summed E-state index contributed by atoms with van der Waals surface area (Å²) in [4.78, 5) is 9.68. The van der Waals surface area contributed by atoms with E-state index in [9.17, 15) is 0 Å². The van der Waals surface area contributed by atoms with Crippen LogP contribution >= 0.6 is 0 Å². The van der Waals surface area contributed by atoms with Gasteiger partial charge in [-0.1, -0.05) is 0 Å². The number of ether oxygens (including phenoxy) is 1. The molecule has 2 aliphatic rings. The number of hydrogen-bond acceptors (Lipinski definition) is 4. The summed E-state index contributed by atoms with van der Waals surface area (Å²) in [5.41, 5.74) is 0. The van der Waals surface area contributed by atoms with Gasteiger partial charge in [-0.25, -0.2) is 9.98 Å². The Morgan fingerprint density at radius 3 is 3.45 bits per heavy atom. The number of hydrogen-bond donors (Lipinski definition) is 0. The summed E-state index contributed by atoms with van der Waals surface area (Å²) in [6.45, 7) is 0.358. The van der Waals surface area contributed by atoms with E-state index >= 15 is 0 Å². The van der Waals surface area contributed by atoms with E-state index in [4.69, 9.17) is 4.74 Å². The highest BCUT2D eigenvalue weighted by Gasteiger charge is 2.11. The highest BCUT2D eigenvalue weighted by molar-refractivity contribution is 5.89. The number of allylic oxidation sites excluding steroid dienone is 2. The SMILES string of the molecule is C1=CN=C2OCN=CN2C=C1. The summed E-state index contributed by atoms with van der Waals surface area (Å²) in [5, 5.41) is 0. The fourth-order valence-corrected chi connectivity index (χ4v) is 0.845. The Labute approximate surface area is 64.2 Å². The average molecular weight is 149 g/mol. The lowest BCUT2D eigenvalue weighted by Gasteiger charge is -2.18. The Morgan fingerprint density at radius 1 is 1.45 bits per heavy atom. The van der Waals surface area contributed by atoms with E-state index in [1.165, 1.54) is 0 Å². The summed E-state index contributed by atoms with van der Waals surface area (Å²) in [5.74, 6) is 0. The maximum absolute atomic E-state index is 5.14. The molecule has 0 radical (unpaired) electrons. The third-order valence-corrected chi connectivity index (χ3v) is 1.32. The summed E-state index contributed by atoms with van der Waals surface area (Å²) >= 11 is 0. The van der Waals surface area contributed by atoms with Gasteiger partial charge < -0.3 is 4.74 Å². The van der Waals surface area contributed by atoms with E-state index in [1.54, 1.807) is 17.4 Å². The predicted molar refractivity (Wildman–Crippen MR) is 42.0 cm³/mol. The zero-order valence-electron chi connectivity index (χ0n) is 5.84. The number of aliphatic imine (C=N–C) groups is 2. The lowest BCUT2D eigenvalue weighted by molar-refractivity contribution is 0.274. The molecular formula is C7H7N3O. The van der Waals surface area contributed by atoms with Crippen LogP contribution in [0.15, 0.2) is 34.5 Å². The van der Waals surface area contributed by atoms with Crippen LogP contribution in [0.5, 0.6) is 0 Å². The first-order valence-electron chi connectivity index (χ1n) is 3.29. The lowest BCUT2D eigenvalue weighted by atomic mass is 10.6. The van der Waals surface area contributed by atoms with Gasteiger partial charge in [-0.05, 0) is 12.2 Å². The van der Waals surface area contributed by atoms with E-state index in [0.29, 0.717) is 12.8 Å². The second kappa shape index (κ2) is 2.57. The maximum atomic E-state index is 5.14. The molecule has 0 unspecified atom stereocenters. The fraction of sp³-hybridized carbons (Fsp3) is 0.143.